The minimum Gasteiger partial charge on any atom is -0.481 e. The van der Waals surface area contributed by atoms with Crippen LogP contribution >= 0.6 is 0 Å². The predicted molar refractivity (Wildman–Crippen MR) is 193 cm³/mol. The molecule has 0 atom stereocenters. The Bertz CT molecular complexity index is 561. The van der Waals surface area contributed by atoms with E-state index in [9.17, 15) is 4.79 Å². The van der Waals surface area contributed by atoms with Gasteiger partial charge in [0.25, 0.3) is 0 Å². The summed E-state index contributed by atoms with van der Waals surface area (Å²) in [6.45, 7) is 7.60. The van der Waals surface area contributed by atoms with Crippen LogP contribution in [-0.2, 0) is 4.79 Å². The van der Waals surface area contributed by atoms with Crippen LogP contribution in [-0.4, -0.2) is 30.7 Å². The smallest absolute Gasteiger partial charge is 0.303 e. The van der Waals surface area contributed by atoms with Crippen LogP contribution in [0.25, 0.3) is 0 Å². The van der Waals surface area contributed by atoms with E-state index in [-0.39, 0.29) is 0 Å². The number of carbonyl (C=O) groups is 1. The van der Waals surface area contributed by atoms with E-state index in [1.54, 1.807) is 0 Å². The van der Waals surface area contributed by atoms with E-state index >= 15 is 0 Å². The van der Waals surface area contributed by atoms with Gasteiger partial charge in [0, 0.05) is 6.42 Å². The fourth-order valence-electron chi connectivity index (χ4n) is 5.20. The molecule has 43 heavy (non-hydrogen) atoms. The Labute approximate surface area is 270 Å². The van der Waals surface area contributed by atoms with Crippen molar-refractivity contribution in [2.45, 2.75) is 200 Å². The molecule has 0 aromatic heterocycles. The number of nitrogens with two attached hydrogens (primary N) is 1. The molecule has 0 rings (SSSR count). The number of hydrogen-bond acceptors (Lipinski definition) is 3. The summed E-state index contributed by atoms with van der Waals surface area (Å²) in [4.78, 5) is 10.3. The van der Waals surface area contributed by atoms with Gasteiger partial charge in [-0.3, -0.25) is 4.79 Å². The lowest BCUT2D eigenvalue weighted by Gasteiger charge is -2.03. The average molecular weight is 607 g/mol. The molecule has 0 aliphatic rings. The van der Waals surface area contributed by atoms with Crippen molar-refractivity contribution >= 4 is 5.97 Å². The Morgan fingerprint density at radius 2 is 0.814 bits per heavy atom. The van der Waals surface area contributed by atoms with Gasteiger partial charge in [0.05, 0.1) is 0 Å². The number of unbranched alkanes of at least 4 members (excludes halogenated alkanes) is 23. The van der Waals surface area contributed by atoms with Gasteiger partial charge >= 0.3 is 5.97 Å². The zero-order valence-corrected chi connectivity index (χ0v) is 29.4. The Kier molecular flexibility index (Phi) is 44.0. The van der Waals surface area contributed by atoms with Crippen LogP contribution in [0.3, 0.4) is 0 Å². The molecule has 0 radical (unpaired) electrons. The van der Waals surface area contributed by atoms with Crippen molar-refractivity contribution in [3.63, 3.8) is 0 Å². The van der Waals surface area contributed by atoms with Crippen molar-refractivity contribution < 1.29 is 9.90 Å². The first kappa shape index (κ1) is 44.0. The first-order valence-electron chi connectivity index (χ1n) is 19.1. The zero-order chi connectivity index (χ0) is 31.7. The molecule has 0 aromatic rings. The average Bonchev–Trinajstić information content (AvgIpc) is 3.00. The quantitative estimate of drug-likeness (QED) is 0.0503. The van der Waals surface area contributed by atoms with E-state index < -0.39 is 5.97 Å². The molecule has 0 amide bonds. The maximum atomic E-state index is 10.3. The molecule has 0 heterocycles. The number of allylic oxidation sites excluding steroid dienone is 4. The van der Waals surface area contributed by atoms with Crippen LogP contribution in [0.15, 0.2) is 24.3 Å². The maximum Gasteiger partial charge on any atom is 0.303 e. The first-order valence-corrected chi connectivity index (χ1v) is 19.1. The van der Waals surface area contributed by atoms with Crippen molar-refractivity contribution in [3.05, 3.63) is 24.3 Å². The molecule has 0 bridgehead atoms. The molecule has 0 saturated carbocycles. The molecule has 4 N–H and O–H groups in total. The number of carboxylic acids is 1. The third-order valence-corrected chi connectivity index (χ3v) is 8.08. The van der Waals surface area contributed by atoms with E-state index in [4.69, 9.17) is 10.8 Å². The Balaban J connectivity index is 0. The Hall–Kier alpha value is -1.13. The van der Waals surface area contributed by atoms with E-state index in [0.717, 1.165) is 32.4 Å². The van der Waals surface area contributed by atoms with Crippen LogP contribution in [0, 0.1) is 0 Å². The van der Waals surface area contributed by atoms with Crippen molar-refractivity contribution in [2.75, 3.05) is 19.6 Å². The fourth-order valence-corrected chi connectivity index (χ4v) is 5.20. The molecule has 0 spiro atoms. The first-order chi connectivity index (χ1) is 21.2. The van der Waals surface area contributed by atoms with Crippen molar-refractivity contribution in [3.8, 4) is 0 Å². The van der Waals surface area contributed by atoms with Crippen molar-refractivity contribution in [2.24, 2.45) is 5.73 Å². The Morgan fingerprint density at radius 1 is 0.488 bits per heavy atom. The van der Waals surface area contributed by atoms with Gasteiger partial charge in [-0.05, 0) is 90.3 Å². The number of aliphatic carboxylic acids is 1. The highest BCUT2D eigenvalue weighted by Gasteiger charge is 1.96. The second-order valence-electron chi connectivity index (χ2n) is 12.6. The number of nitrogens with one attached hydrogen (secondary N) is 1. The van der Waals surface area contributed by atoms with Crippen molar-refractivity contribution in [1.29, 1.82) is 0 Å². The molecule has 0 aliphatic heterocycles. The second-order valence-corrected chi connectivity index (χ2v) is 12.6. The molecular formula is C39H78N2O2. The highest BCUT2D eigenvalue weighted by Crippen LogP contribution is 2.11. The van der Waals surface area contributed by atoms with Gasteiger partial charge in [-0.1, -0.05) is 147 Å². The monoisotopic (exact) mass is 607 g/mol. The van der Waals surface area contributed by atoms with Gasteiger partial charge in [-0.15, -0.1) is 0 Å². The minimum absolute atomic E-state index is 0.332. The summed E-state index contributed by atoms with van der Waals surface area (Å²) in [6.07, 6.45) is 46.5. The molecule has 0 aliphatic carbocycles. The molecule has 256 valence electrons. The number of hydrogen-bond donors (Lipinski definition) is 3. The fraction of sp³-hybridized carbons (Fsp3) is 0.872. The van der Waals surface area contributed by atoms with Crippen LogP contribution < -0.4 is 11.1 Å². The molecule has 4 heteroatoms. The lowest BCUT2D eigenvalue weighted by Crippen LogP contribution is -2.19. The summed E-state index contributed by atoms with van der Waals surface area (Å²) >= 11 is 0. The topological polar surface area (TPSA) is 75.3 Å². The predicted octanol–water partition coefficient (Wildman–Crippen LogP) is 12.1. The summed E-state index contributed by atoms with van der Waals surface area (Å²) < 4.78 is 0. The van der Waals surface area contributed by atoms with Gasteiger partial charge in [0.15, 0.2) is 0 Å². The van der Waals surface area contributed by atoms with Gasteiger partial charge in [0.1, 0.15) is 0 Å². The standard InChI is InChI=1S/C21H44N2.C18H34O2/c1-2-3-4-5-6-7-8-9-10-11-12-13-14-15-16-17-20-23-21-18-19-22;1-2-3-4-5-6-7-8-9-10-11-12-13-14-15-16-17-18(19)20/h9-10,23H,2-8,11-22H2,1H3;9-10H,2-8,11-17H2,1H3,(H,19,20)/b2*10-9-. The summed E-state index contributed by atoms with van der Waals surface area (Å²) in [5, 5.41) is 12.0. The van der Waals surface area contributed by atoms with Gasteiger partial charge in [-0.2, -0.15) is 0 Å². The van der Waals surface area contributed by atoms with E-state index in [0.29, 0.717) is 6.42 Å². The van der Waals surface area contributed by atoms with Gasteiger partial charge in [0.2, 0.25) is 0 Å². The number of rotatable bonds is 34. The second kappa shape index (κ2) is 43.0. The molecule has 0 aromatic carbocycles. The molecule has 0 unspecified atom stereocenters. The van der Waals surface area contributed by atoms with Crippen LogP contribution in [0.1, 0.15) is 200 Å². The van der Waals surface area contributed by atoms with Gasteiger partial charge < -0.3 is 16.2 Å². The maximum absolute atomic E-state index is 10.3. The van der Waals surface area contributed by atoms with Crippen LogP contribution in [0.2, 0.25) is 0 Å². The molecule has 0 saturated heterocycles. The minimum atomic E-state index is -0.664. The summed E-state index contributed by atoms with van der Waals surface area (Å²) in [6, 6.07) is 0. The molecular weight excluding hydrogens is 528 g/mol. The third-order valence-electron chi connectivity index (χ3n) is 8.08. The lowest BCUT2D eigenvalue weighted by molar-refractivity contribution is -0.137. The number of carboxylic acid groups (broad SMARTS) is 1. The SMILES string of the molecule is CCCCCCCC/C=C\CCCCCCCC(=O)O.CCCCCCCC/C=C\CCCCCCCCNCCCN. The summed E-state index contributed by atoms with van der Waals surface area (Å²) in [7, 11) is 0. The highest BCUT2D eigenvalue weighted by molar-refractivity contribution is 5.66. The lowest BCUT2D eigenvalue weighted by atomic mass is 10.1. The third kappa shape index (κ3) is 48.0. The largest absolute Gasteiger partial charge is 0.481 e. The summed E-state index contributed by atoms with van der Waals surface area (Å²) in [5.74, 6) is -0.664. The van der Waals surface area contributed by atoms with E-state index in [1.807, 2.05) is 0 Å². The zero-order valence-electron chi connectivity index (χ0n) is 29.4. The van der Waals surface area contributed by atoms with Crippen molar-refractivity contribution in [1.82, 2.24) is 5.32 Å². The highest BCUT2D eigenvalue weighted by atomic mass is 16.4. The molecule has 4 nitrogen and oxygen atoms in total. The molecule has 0 fully saturated rings. The Morgan fingerprint density at radius 3 is 1.19 bits per heavy atom. The van der Waals surface area contributed by atoms with E-state index in [2.05, 4.69) is 43.5 Å². The normalized spacial score (nSPS) is 11.4. The van der Waals surface area contributed by atoms with Crippen LogP contribution in [0.5, 0.6) is 0 Å². The van der Waals surface area contributed by atoms with Gasteiger partial charge in [-0.25, -0.2) is 0 Å². The van der Waals surface area contributed by atoms with Crippen LogP contribution in [0.4, 0.5) is 0 Å². The summed E-state index contributed by atoms with van der Waals surface area (Å²) in [5.41, 5.74) is 5.46. The van der Waals surface area contributed by atoms with E-state index in [1.165, 1.54) is 167 Å².